The third-order valence-electron chi connectivity index (χ3n) is 2.79. The van der Waals surface area contributed by atoms with Gasteiger partial charge in [-0.25, -0.2) is 4.68 Å². The van der Waals surface area contributed by atoms with Crippen LogP contribution in [-0.4, -0.2) is 15.7 Å². The smallest absolute Gasteiger partial charge is 0.256 e. The van der Waals surface area contributed by atoms with E-state index in [1.165, 1.54) is 4.68 Å². The van der Waals surface area contributed by atoms with Crippen molar-refractivity contribution >= 4 is 17.5 Å². The average Bonchev–Trinajstić information content (AvgIpc) is 2.81. The van der Waals surface area contributed by atoms with E-state index < -0.39 is 5.41 Å². The number of benzene rings is 1. The SMILES string of the molecule is CC(C)(C(=O)n1cccn1)c1cccc(Cl)c1. The first kappa shape index (κ1) is 11.9. The zero-order valence-electron chi connectivity index (χ0n) is 9.72. The van der Waals surface area contributed by atoms with E-state index in [4.69, 9.17) is 11.6 Å². The number of carbonyl (C=O) groups excluding carboxylic acids is 1. The van der Waals surface area contributed by atoms with Gasteiger partial charge in [-0.2, -0.15) is 5.10 Å². The summed E-state index contributed by atoms with van der Waals surface area (Å²) in [6.45, 7) is 3.73. The Morgan fingerprint density at radius 2 is 2.12 bits per heavy atom. The van der Waals surface area contributed by atoms with E-state index in [-0.39, 0.29) is 5.91 Å². The summed E-state index contributed by atoms with van der Waals surface area (Å²) in [7, 11) is 0. The summed E-state index contributed by atoms with van der Waals surface area (Å²) in [5.74, 6) is -0.0789. The number of hydrogen-bond acceptors (Lipinski definition) is 2. The van der Waals surface area contributed by atoms with Crippen molar-refractivity contribution < 1.29 is 4.79 Å². The van der Waals surface area contributed by atoms with Crippen LogP contribution in [0.25, 0.3) is 0 Å². The number of carbonyl (C=O) groups is 1. The molecule has 1 aromatic carbocycles. The molecule has 1 aromatic heterocycles. The molecule has 0 saturated heterocycles. The van der Waals surface area contributed by atoms with Crippen molar-refractivity contribution in [1.82, 2.24) is 9.78 Å². The maximum absolute atomic E-state index is 12.3. The third-order valence-corrected chi connectivity index (χ3v) is 3.03. The van der Waals surface area contributed by atoms with Crippen molar-refractivity contribution in [2.24, 2.45) is 0 Å². The van der Waals surface area contributed by atoms with Gasteiger partial charge in [-0.1, -0.05) is 23.7 Å². The van der Waals surface area contributed by atoms with Crippen LogP contribution in [0.4, 0.5) is 0 Å². The highest BCUT2D eigenvalue weighted by Gasteiger charge is 2.31. The Bertz CT molecular complexity index is 532. The van der Waals surface area contributed by atoms with Crippen molar-refractivity contribution in [1.29, 1.82) is 0 Å². The van der Waals surface area contributed by atoms with Gasteiger partial charge < -0.3 is 0 Å². The molecule has 0 aliphatic carbocycles. The lowest BCUT2D eigenvalue weighted by atomic mass is 9.84. The van der Waals surface area contributed by atoms with E-state index >= 15 is 0 Å². The van der Waals surface area contributed by atoms with Crippen molar-refractivity contribution in [3.63, 3.8) is 0 Å². The molecule has 0 saturated carbocycles. The Labute approximate surface area is 105 Å². The molecule has 4 heteroatoms. The van der Waals surface area contributed by atoms with Crippen LogP contribution < -0.4 is 0 Å². The summed E-state index contributed by atoms with van der Waals surface area (Å²) >= 11 is 5.95. The molecule has 0 amide bonds. The van der Waals surface area contributed by atoms with Crippen molar-refractivity contribution in [3.05, 3.63) is 53.3 Å². The third kappa shape index (κ3) is 2.24. The zero-order valence-corrected chi connectivity index (χ0v) is 10.5. The van der Waals surface area contributed by atoms with E-state index in [0.717, 1.165) is 5.56 Å². The molecule has 1 heterocycles. The molecule has 88 valence electrons. The fraction of sp³-hybridized carbons (Fsp3) is 0.231. The maximum Gasteiger partial charge on any atom is 0.256 e. The molecule has 0 aliphatic heterocycles. The second-order valence-electron chi connectivity index (χ2n) is 4.39. The largest absolute Gasteiger partial charge is 0.272 e. The van der Waals surface area contributed by atoms with Crippen LogP contribution in [0.5, 0.6) is 0 Å². The Hall–Kier alpha value is -1.61. The molecule has 0 unspecified atom stereocenters. The second kappa shape index (κ2) is 4.34. The molecule has 2 aromatic rings. The highest BCUT2D eigenvalue weighted by molar-refractivity contribution is 6.30. The van der Waals surface area contributed by atoms with Crippen molar-refractivity contribution in [3.8, 4) is 0 Å². The van der Waals surface area contributed by atoms with Crippen LogP contribution in [0.2, 0.25) is 5.02 Å². The van der Waals surface area contributed by atoms with E-state index in [0.29, 0.717) is 5.02 Å². The fourth-order valence-corrected chi connectivity index (χ4v) is 1.87. The lowest BCUT2D eigenvalue weighted by Crippen LogP contribution is -2.34. The second-order valence-corrected chi connectivity index (χ2v) is 4.83. The van der Waals surface area contributed by atoms with Crippen LogP contribution in [0, 0.1) is 0 Å². The monoisotopic (exact) mass is 248 g/mol. The van der Waals surface area contributed by atoms with Gasteiger partial charge in [-0.15, -0.1) is 0 Å². The van der Waals surface area contributed by atoms with E-state index in [9.17, 15) is 4.79 Å². The molecule has 3 nitrogen and oxygen atoms in total. The molecular weight excluding hydrogens is 236 g/mol. The minimum Gasteiger partial charge on any atom is -0.272 e. The lowest BCUT2D eigenvalue weighted by molar-refractivity contribution is 0.0804. The Morgan fingerprint density at radius 1 is 1.35 bits per heavy atom. The summed E-state index contributed by atoms with van der Waals surface area (Å²) in [5.41, 5.74) is 0.224. The zero-order chi connectivity index (χ0) is 12.5. The summed E-state index contributed by atoms with van der Waals surface area (Å²) in [6, 6.07) is 9.07. The van der Waals surface area contributed by atoms with Gasteiger partial charge in [-0.3, -0.25) is 4.79 Å². The first-order valence-electron chi connectivity index (χ1n) is 5.32. The van der Waals surface area contributed by atoms with Gasteiger partial charge in [0.1, 0.15) is 0 Å². The number of hydrogen-bond donors (Lipinski definition) is 0. The highest BCUT2D eigenvalue weighted by Crippen LogP contribution is 2.27. The molecule has 0 bridgehead atoms. The predicted molar refractivity (Wildman–Crippen MR) is 67.3 cm³/mol. The minimum absolute atomic E-state index is 0.0789. The van der Waals surface area contributed by atoms with E-state index in [1.807, 2.05) is 32.0 Å². The van der Waals surface area contributed by atoms with Crippen LogP contribution in [0.15, 0.2) is 42.7 Å². The van der Waals surface area contributed by atoms with E-state index in [2.05, 4.69) is 5.10 Å². The number of nitrogens with zero attached hydrogens (tertiary/aromatic N) is 2. The van der Waals surface area contributed by atoms with Crippen LogP contribution in [-0.2, 0) is 5.41 Å². The Morgan fingerprint density at radius 3 is 2.71 bits per heavy atom. The van der Waals surface area contributed by atoms with Gasteiger partial charge >= 0.3 is 0 Å². The topological polar surface area (TPSA) is 34.9 Å². The predicted octanol–water partition coefficient (Wildman–Crippen LogP) is 3.15. The number of halogens is 1. The molecule has 2 rings (SSSR count). The Balaban J connectivity index is 2.39. The molecule has 0 aliphatic rings. The first-order chi connectivity index (χ1) is 8.01. The quantitative estimate of drug-likeness (QED) is 0.818. The minimum atomic E-state index is -0.656. The van der Waals surface area contributed by atoms with Crippen LogP contribution in [0.1, 0.15) is 24.2 Å². The van der Waals surface area contributed by atoms with Crippen molar-refractivity contribution in [2.45, 2.75) is 19.3 Å². The molecule has 17 heavy (non-hydrogen) atoms. The summed E-state index contributed by atoms with van der Waals surface area (Å²) in [4.78, 5) is 12.3. The first-order valence-corrected chi connectivity index (χ1v) is 5.70. The van der Waals surface area contributed by atoms with Crippen LogP contribution in [0.3, 0.4) is 0 Å². The molecule has 0 fully saturated rings. The maximum atomic E-state index is 12.3. The number of aromatic nitrogens is 2. The molecule has 0 N–H and O–H groups in total. The van der Waals surface area contributed by atoms with Gasteiger partial charge in [-0.05, 0) is 37.6 Å². The Kier molecular flexibility index (Phi) is 3.03. The van der Waals surface area contributed by atoms with Crippen LogP contribution >= 0.6 is 11.6 Å². The highest BCUT2D eigenvalue weighted by atomic mass is 35.5. The lowest BCUT2D eigenvalue weighted by Gasteiger charge is -2.23. The van der Waals surface area contributed by atoms with Gasteiger partial charge in [0, 0.05) is 17.4 Å². The summed E-state index contributed by atoms with van der Waals surface area (Å²) < 4.78 is 1.35. The summed E-state index contributed by atoms with van der Waals surface area (Å²) in [5, 5.41) is 4.59. The van der Waals surface area contributed by atoms with E-state index in [1.54, 1.807) is 24.5 Å². The van der Waals surface area contributed by atoms with Gasteiger partial charge in [0.25, 0.3) is 5.91 Å². The van der Waals surface area contributed by atoms with Gasteiger partial charge in [0.2, 0.25) is 0 Å². The molecular formula is C13H13ClN2O. The average molecular weight is 249 g/mol. The molecule has 0 spiro atoms. The summed E-state index contributed by atoms with van der Waals surface area (Å²) in [6.07, 6.45) is 3.24. The molecule has 0 atom stereocenters. The molecule has 0 radical (unpaired) electrons. The van der Waals surface area contributed by atoms with Crippen molar-refractivity contribution in [2.75, 3.05) is 0 Å². The van der Waals surface area contributed by atoms with Gasteiger partial charge in [0.15, 0.2) is 0 Å². The standard InChI is InChI=1S/C13H13ClN2O/c1-13(2,10-5-3-6-11(14)9-10)12(17)16-8-4-7-15-16/h3-9H,1-2H3. The van der Waals surface area contributed by atoms with Gasteiger partial charge in [0.05, 0.1) is 5.41 Å². The normalized spacial score (nSPS) is 11.5. The fourth-order valence-electron chi connectivity index (χ4n) is 1.68. The number of rotatable bonds is 2.